The Morgan fingerprint density at radius 3 is 2.65 bits per heavy atom. The SMILES string of the molecule is CCOc1nc(N)nc2c1ncn2[C@@H]1O[C@H](COP(=O)(N[C@@H](N[C@@H](C)C=O)C(=O)OC(C)C)Oc2cccc3ccccc23)[C@@H](O)[C@@]1(C)O. The molecule has 4 aromatic rings. The van der Waals surface area contributed by atoms with E-state index >= 15 is 0 Å². The first-order valence-electron chi connectivity index (χ1n) is 15.6. The molecule has 3 heterocycles. The Balaban J connectivity index is 1.46. The van der Waals surface area contributed by atoms with Gasteiger partial charge in [-0.25, -0.2) is 14.3 Å². The van der Waals surface area contributed by atoms with Crippen molar-refractivity contribution in [3.63, 3.8) is 0 Å². The van der Waals surface area contributed by atoms with E-state index in [1.165, 1.54) is 24.7 Å². The van der Waals surface area contributed by atoms with E-state index in [1.807, 2.05) is 18.2 Å². The van der Waals surface area contributed by atoms with Gasteiger partial charge >= 0.3 is 13.7 Å². The van der Waals surface area contributed by atoms with Crippen molar-refractivity contribution in [2.24, 2.45) is 0 Å². The molecule has 1 aliphatic rings. The van der Waals surface area contributed by atoms with Crippen LogP contribution in [0.3, 0.4) is 0 Å². The minimum absolute atomic E-state index is 0.114. The largest absolute Gasteiger partial charge is 0.476 e. The summed E-state index contributed by atoms with van der Waals surface area (Å²) in [6, 6.07) is 11.4. The number of carbonyl (C=O) groups is 2. The molecule has 6 N–H and O–H groups in total. The quantitative estimate of drug-likeness (QED) is 0.0518. The molecular weight excluding hydrogens is 661 g/mol. The van der Waals surface area contributed by atoms with E-state index in [0.717, 1.165) is 5.39 Å². The van der Waals surface area contributed by atoms with E-state index in [9.17, 15) is 24.4 Å². The smallest absolute Gasteiger partial charge is 0.460 e. The average Bonchev–Trinajstić information content (AvgIpc) is 3.56. The van der Waals surface area contributed by atoms with E-state index in [4.69, 9.17) is 29.0 Å². The number of aldehydes is 1. The van der Waals surface area contributed by atoms with Gasteiger partial charge in [0.25, 0.3) is 0 Å². The summed E-state index contributed by atoms with van der Waals surface area (Å²) in [7, 11) is -4.60. The molecule has 2 aromatic carbocycles. The van der Waals surface area contributed by atoms with Crippen LogP contribution in [-0.4, -0.2) is 91.3 Å². The van der Waals surface area contributed by atoms with Crippen LogP contribution in [0.15, 0.2) is 48.8 Å². The lowest BCUT2D eigenvalue weighted by molar-refractivity contribution is -0.150. The Labute approximate surface area is 281 Å². The zero-order chi connectivity index (χ0) is 35.5. The zero-order valence-corrected chi connectivity index (χ0v) is 28.4. The third-order valence-corrected chi connectivity index (χ3v) is 9.08. The van der Waals surface area contributed by atoms with Crippen LogP contribution in [-0.2, 0) is 28.2 Å². The van der Waals surface area contributed by atoms with Gasteiger partial charge in [0.05, 0.1) is 31.7 Å². The first-order chi connectivity index (χ1) is 23.3. The number of aliphatic hydroxyl groups excluding tert-OH is 1. The molecule has 5 rings (SSSR count). The number of imidazole rings is 1. The van der Waals surface area contributed by atoms with Crippen molar-refractivity contribution < 1.29 is 47.6 Å². The molecule has 0 bridgehead atoms. The predicted octanol–water partition coefficient (Wildman–Crippen LogP) is 2.22. The summed E-state index contributed by atoms with van der Waals surface area (Å²) >= 11 is 0. The molecule has 49 heavy (non-hydrogen) atoms. The van der Waals surface area contributed by atoms with E-state index in [-0.39, 0.29) is 35.3 Å². The number of nitrogen functional groups attached to an aromatic ring is 1. The van der Waals surface area contributed by atoms with E-state index in [1.54, 1.807) is 45.0 Å². The van der Waals surface area contributed by atoms with E-state index in [0.29, 0.717) is 11.7 Å². The molecule has 0 saturated carbocycles. The highest BCUT2D eigenvalue weighted by Crippen LogP contribution is 2.48. The lowest BCUT2D eigenvalue weighted by Gasteiger charge is -2.28. The molecule has 0 radical (unpaired) electrons. The molecule has 1 fully saturated rings. The maximum Gasteiger partial charge on any atom is 0.460 e. The minimum Gasteiger partial charge on any atom is -0.476 e. The van der Waals surface area contributed by atoms with Gasteiger partial charge in [-0.3, -0.25) is 14.4 Å². The van der Waals surface area contributed by atoms with Crippen molar-refractivity contribution in [3.05, 3.63) is 48.8 Å². The van der Waals surface area contributed by atoms with Crippen LogP contribution >= 0.6 is 7.75 Å². The van der Waals surface area contributed by atoms with Gasteiger partial charge in [0.1, 0.15) is 29.8 Å². The molecule has 1 aliphatic heterocycles. The van der Waals surface area contributed by atoms with Gasteiger partial charge in [0.2, 0.25) is 11.8 Å². The summed E-state index contributed by atoms with van der Waals surface area (Å²) in [5, 5.41) is 29.4. The Bertz CT molecular complexity index is 1850. The normalized spacial score (nSPS) is 23.3. The van der Waals surface area contributed by atoms with Gasteiger partial charge in [-0.2, -0.15) is 15.1 Å². The van der Waals surface area contributed by atoms with Crippen LogP contribution in [0.2, 0.25) is 0 Å². The van der Waals surface area contributed by atoms with E-state index < -0.39 is 62.7 Å². The summed E-state index contributed by atoms with van der Waals surface area (Å²) in [6.45, 7) is 7.53. The molecule has 17 nitrogen and oxygen atoms in total. The second-order valence-electron chi connectivity index (χ2n) is 11.8. The van der Waals surface area contributed by atoms with Crippen molar-refractivity contribution in [2.45, 2.75) is 77.0 Å². The average molecular weight is 702 g/mol. The molecule has 7 atom stereocenters. The third-order valence-electron chi connectivity index (χ3n) is 7.58. The van der Waals surface area contributed by atoms with Gasteiger partial charge in [-0.15, -0.1) is 0 Å². The molecule has 0 aliphatic carbocycles. The molecule has 18 heteroatoms. The number of anilines is 1. The highest BCUT2D eigenvalue weighted by Gasteiger charge is 2.54. The van der Waals surface area contributed by atoms with Gasteiger partial charge in [-0.05, 0) is 46.1 Å². The molecule has 0 spiro atoms. The number of aromatic nitrogens is 4. The maximum absolute atomic E-state index is 14.6. The number of fused-ring (bicyclic) bond motifs is 2. The number of hydrogen-bond acceptors (Lipinski definition) is 15. The number of nitrogens with one attached hydrogen (secondary N) is 2. The fraction of sp³-hybridized carbons (Fsp3) is 0.452. The fourth-order valence-electron chi connectivity index (χ4n) is 5.28. The summed E-state index contributed by atoms with van der Waals surface area (Å²) in [5.41, 5.74) is 4.36. The Morgan fingerprint density at radius 2 is 1.94 bits per heavy atom. The third kappa shape index (κ3) is 7.83. The summed E-state index contributed by atoms with van der Waals surface area (Å²) in [6.07, 6.45) is -4.36. The second-order valence-corrected chi connectivity index (χ2v) is 13.5. The maximum atomic E-state index is 14.6. The number of rotatable bonds is 15. The number of carbonyl (C=O) groups excluding carboxylic acids is 2. The Kier molecular flexibility index (Phi) is 10.8. The van der Waals surface area contributed by atoms with Gasteiger partial charge < -0.3 is 39.5 Å². The van der Waals surface area contributed by atoms with Crippen molar-refractivity contribution in [1.82, 2.24) is 29.9 Å². The highest BCUT2D eigenvalue weighted by atomic mass is 31.2. The van der Waals surface area contributed by atoms with Crippen LogP contribution in [0.25, 0.3) is 21.9 Å². The number of hydrogen-bond donors (Lipinski definition) is 5. The first kappa shape index (κ1) is 36.1. The fourth-order valence-corrected chi connectivity index (χ4v) is 6.72. The molecule has 264 valence electrons. The van der Waals surface area contributed by atoms with Crippen LogP contribution < -0.4 is 25.4 Å². The first-order valence-corrected chi connectivity index (χ1v) is 17.1. The molecule has 1 unspecified atom stereocenters. The van der Waals surface area contributed by atoms with Crippen LogP contribution in [0.1, 0.15) is 40.8 Å². The van der Waals surface area contributed by atoms with Crippen LogP contribution in [0, 0.1) is 0 Å². The minimum atomic E-state index is -4.60. The summed E-state index contributed by atoms with van der Waals surface area (Å²) in [4.78, 5) is 37.2. The number of ether oxygens (including phenoxy) is 3. The lowest BCUT2D eigenvalue weighted by Crippen LogP contribution is -2.52. The number of benzene rings is 2. The van der Waals surface area contributed by atoms with Crippen LogP contribution in [0.4, 0.5) is 5.95 Å². The number of aliphatic hydroxyl groups is 2. The topological polar surface area (TPSA) is 231 Å². The predicted molar refractivity (Wildman–Crippen MR) is 176 cm³/mol. The highest BCUT2D eigenvalue weighted by molar-refractivity contribution is 7.52. The van der Waals surface area contributed by atoms with Crippen molar-refractivity contribution in [3.8, 4) is 11.6 Å². The number of nitrogens with two attached hydrogens (primary N) is 1. The van der Waals surface area contributed by atoms with Crippen LogP contribution in [0.5, 0.6) is 11.6 Å². The van der Waals surface area contributed by atoms with Crippen molar-refractivity contribution >= 4 is 47.9 Å². The second kappa shape index (κ2) is 14.7. The number of nitrogens with zero attached hydrogens (tertiary/aromatic N) is 4. The van der Waals surface area contributed by atoms with Gasteiger partial charge in [0.15, 0.2) is 23.6 Å². The van der Waals surface area contributed by atoms with Crippen molar-refractivity contribution in [1.29, 1.82) is 0 Å². The molecule has 1 saturated heterocycles. The molecule has 2 aromatic heterocycles. The summed E-state index contributed by atoms with van der Waals surface area (Å²) < 4.78 is 44.7. The lowest BCUT2D eigenvalue weighted by atomic mass is 9.96. The summed E-state index contributed by atoms with van der Waals surface area (Å²) in [5.74, 6) is -0.717. The van der Waals surface area contributed by atoms with Gasteiger partial charge in [0, 0.05) is 5.39 Å². The van der Waals surface area contributed by atoms with Gasteiger partial charge in [-0.1, -0.05) is 36.4 Å². The Morgan fingerprint density at radius 1 is 1.20 bits per heavy atom. The standard InChI is InChI=1S/C31H40N7O10P/c1-6-44-27-23-26(35-30(32)36-27)38(16-33-23)29-31(5,42)24(40)22(47-29)15-45-49(43,37-25(34-18(4)14-39)28(41)46-17(2)3)48-21-13-9-11-19-10-7-8-12-20(19)21/h7-14,16-18,22,24-25,29,34,40,42H,6,15H2,1-5H3,(H,37,43)(H2,32,35,36)/t18-,22+,24+,25+,29+,31+,49?/m0/s1. The van der Waals surface area contributed by atoms with Crippen molar-refractivity contribution in [2.75, 3.05) is 18.9 Å². The number of esters is 1. The molecule has 0 amide bonds. The Hall–Kier alpha value is -4.22. The zero-order valence-electron chi connectivity index (χ0n) is 27.5. The van der Waals surface area contributed by atoms with E-state index in [2.05, 4.69) is 25.4 Å². The monoisotopic (exact) mass is 701 g/mol. The molecular formula is C31H40N7O10P.